The maximum absolute atomic E-state index is 5.77. The molecule has 0 bridgehead atoms. The molecule has 0 N–H and O–H groups in total. The summed E-state index contributed by atoms with van der Waals surface area (Å²) in [6.45, 7) is 2.75. The highest BCUT2D eigenvalue weighted by Crippen LogP contribution is 2.43. The maximum atomic E-state index is 5.77. The number of rotatable bonds is 4. The molecule has 5 heteroatoms. The molecule has 2 atom stereocenters. The van der Waals surface area contributed by atoms with Gasteiger partial charge in [0.25, 0.3) is 0 Å². The molecule has 78 valence electrons. The molecule has 0 aromatic carbocycles. The highest BCUT2D eigenvalue weighted by Gasteiger charge is 2.37. The fourth-order valence-corrected chi connectivity index (χ4v) is 1.85. The van der Waals surface area contributed by atoms with E-state index in [-0.39, 0.29) is 0 Å². The normalized spacial score (nSPS) is 25.4. The first-order valence-corrected chi connectivity index (χ1v) is 5.29. The number of methoxy groups -OCH3 is 1. The number of nitrogens with zero attached hydrogens (tertiary/aromatic N) is 3. The zero-order chi connectivity index (χ0) is 10.1. The zero-order valence-electron chi connectivity index (χ0n) is 8.40. The molecule has 1 aliphatic carbocycles. The molecular formula is C9H14ClN3O. The van der Waals surface area contributed by atoms with E-state index in [0.29, 0.717) is 24.4 Å². The van der Waals surface area contributed by atoms with Gasteiger partial charge in [0.2, 0.25) is 0 Å². The first-order valence-electron chi connectivity index (χ1n) is 4.75. The van der Waals surface area contributed by atoms with Gasteiger partial charge in [-0.3, -0.25) is 0 Å². The largest absolute Gasteiger partial charge is 0.378 e. The monoisotopic (exact) mass is 215 g/mol. The van der Waals surface area contributed by atoms with Crippen LogP contribution in [0.1, 0.15) is 30.8 Å². The predicted molar refractivity (Wildman–Crippen MR) is 53.1 cm³/mol. The lowest BCUT2D eigenvalue weighted by molar-refractivity contribution is 0.175. The van der Waals surface area contributed by atoms with Crippen LogP contribution in [0, 0.1) is 5.92 Å². The van der Waals surface area contributed by atoms with Crippen molar-refractivity contribution in [3.05, 3.63) is 11.4 Å². The van der Waals surface area contributed by atoms with E-state index in [1.165, 1.54) is 6.42 Å². The van der Waals surface area contributed by atoms with E-state index in [1.807, 2.05) is 4.68 Å². The minimum atomic E-state index is 0.403. The summed E-state index contributed by atoms with van der Waals surface area (Å²) < 4.78 is 7.09. The molecule has 1 fully saturated rings. The maximum Gasteiger partial charge on any atom is 0.103 e. The number of hydrogen-bond acceptors (Lipinski definition) is 3. The third-order valence-corrected chi connectivity index (χ3v) is 2.91. The molecule has 1 aromatic rings. The Morgan fingerprint density at radius 1 is 1.64 bits per heavy atom. The lowest BCUT2D eigenvalue weighted by atomic mass is 10.3. The van der Waals surface area contributed by atoms with E-state index < -0.39 is 0 Å². The zero-order valence-corrected chi connectivity index (χ0v) is 9.16. The minimum absolute atomic E-state index is 0.403. The number of alkyl halides is 1. The van der Waals surface area contributed by atoms with Gasteiger partial charge in [-0.2, -0.15) is 0 Å². The molecular weight excluding hydrogens is 202 g/mol. The lowest BCUT2D eigenvalue weighted by Crippen LogP contribution is -2.05. The van der Waals surface area contributed by atoms with Crippen LogP contribution in [0.4, 0.5) is 0 Å². The van der Waals surface area contributed by atoms with E-state index in [9.17, 15) is 0 Å². The summed E-state index contributed by atoms with van der Waals surface area (Å²) in [4.78, 5) is 0. The van der Waals surface area contributed by atoms with Crippen molar-refractivity contribution in [2.75, 3.05) is 7.11 Å². The average Bonchev–Trinajstić information content (AvgIpc) is 2.77. The summed E-state index contributed by atoms with van der Waals surface area (Å²) in [6.07, 6.45) is 1.18. The van der Waals surface area contributed by atoms with Crippen LogP contribution in [0.5, 0.6) is 0 Å². The Morgan fingerprint density at radius 3 is 2.86 bits per heavy atom. The van der Waals surface area contributed by atoms with Gasteiger partial charge in [-0.25, -0.2) is 4.68 Å². The van der Waals surface area contributed by atoms with Gasteiger partial charge in [-0.05, 0) is 12.3 Å². The topological polar surface area (TPSA) is 39.9 Å². The number of hydrogen-bond donors (Lipinski definition) is 0. The van der Waals surface area contributed by atoms with Crippen LogP contribution < -0.4 is 0 Å². The van der Waals surface area contributed by atoms with Crippen molar-refractivity contribution in [2.45, 2.75) is 31.9 Å². The van der Waals surface area contributed by atoms with Crippen molar-refractivity contribution in [3.8, 4) is 0 Å². The summed E-state index contributed by atoms with van der Waals surface area (Å²) in [6, 6.07) is 0.504. The Kier molecular flexibility index (Phi) is 2.74. The quantitative estimate of drug-likeness (QED) is 0.719. The second-order valence-electron chi connectivity index (χ2n) is 3.77. The Labute approximate surface area is 88.2 Å². The third kappa shape index (κ3) is 1.64. The molecule has 0 aliphatic heterocycles. The fourth-order valence-electron chi connectivity index (χ4n) is 1.65. The summed E-state index contributed by atoms with van der Waals surface area (Å²) in [5, 5.41) is 8.17. The van der Waals surface area contributed by atoms with Crippen molar-refractivity contribution in [1.29, 1.82) is 0 Å². The number of ether oxygens (including phenoxy) is 1. The Morgan fingerprint density at radius 2 is 2.36 bits per heavy atom. The van der Waals surface area contributed by atoms with Crippen LogP contribution >= 0.6 is 11.6 Å². The molecule has 1 heterocycles. The van der Waals surface area contributed by atoms with Crippen LogP contribution in [-0.4, -0.2) is 22.1 Å². The molecule has 14 heavy (non-hydrogen) atoms. The second kappa shape index (κ2) is 3.87. The first-order chi connectivity index (χ1) is 6.77. The summed E-state index contributed by atoms with van der Waals surface area (Å²) in [5.74, 6) is 1.11. The van der Waals surface area contributed by atoms with Crippen LogP contribution in [0.25, 0.3) is 0 Å². The fraction of sp³-hybridized carbons (Fsp3) is 0.778. The lowest BCUT2D eigenvalue weighted by Gasteiger charge is -2.04. The highest BCUT2D eigenvalue weighted by atomic mass is 35.5. The summed E-state index contributed by atoms with van der Waals surface area (Å²) in [5.41, 5.74) is 1.87. The van der Waals surface area contributed by atoms with E-state index in [2.05, 4.69) is 17.2 Å². The van der Waals surface area contributed by atoms with E-state index in [1.54, 1.807) is 7.11 Å². The molecule has 2 rings (SSSR count). The minimum Gasteiger partial charge on any atom is -0.378 e. The molecule has 1 aromatic heterocycles. The SMILES string of the molecule is COCc1c(CCl)nnn1C1CC1C. The van der Waals surface area contributed by atoms with Crippen molar-refractivity contribution in [2.24, 2.45) is 5.92 Å². The van der Waals surface area contributed by atoms with Gasteiger partial charge in [-0.15, -0.1) is 16.7 Å². The Balaban J connectivity index is 2.25. The molecule has 1 aliphatic rings. The van der Waals surface area contributed by atoms with Gasteiger partial charge in [-0.1, -0.05) is 12.1 Å². The standard InChI is InChI=1S/C9H14ClN3O/c1-6-3-8(6)13-9(5-14-2)7(4-10)11-12-13/h6,8H,3-5H2,1-2H3. The molecule has 0 saturated heterocycles. The molecule has 0 spiro atoms. The number of halogens is 1. The van der Waals surface area contributed by atoms with E-state index >= 15 is 0 Å². The van der Waals surface area contributed by atoms with Crippen LogP contribution in [0.2, 0.25) is 0 Å². The van der Waals surface area contributed by atoms with Crippen molar-refractivity contribution < 1.29 is 4.74 Å². The van der Waals surface area contributed by atoms with Gasteiger partial charge in [0, 0.05) is 7.11 Å². The molecule has 4 nitrogen and oxygen atoms in total. The van der Waals surface area contributed by atoms with Gasteiger partial charge in [0.05, 0.1) is 24.2 Å². The van der Waals surface area contributed by atoms with E-state index in [0.717, 1.165) is 11.4 Å². The van der Waals surface area contributed by atoms with Gasteiger partial charge in [0.1, 0.15) is 5.69 Å². The average molecular weight is 216 g/mol. The van der Waals surface area contributed by atoms with E-state index in [4.69, 9.17) is 16.3 Å². The van der Waals surface area contributed by atoms with Crippen molar-refractivity contribution >= 4 is 11.6 Å². The predicted octanol–water partition coefficient (Wildman–Crippen LogP) is 1.74. The second-order valence-corrected chi connectivity index (χ2v) is 4.04. The van der Waals surface area contributed by atoms with Gasteiger partial charge < -0.3 is 4.74 Å². The van der Waals surface area contributed by atoms with Crippen molar-refractivity contribution in [3.63, 3.8) is 0 Å². The van der Waals surface area contributed by atoms with Crippen LogP contribution in [0.3, 0.4) is 0 Å². The highest BCUT2D eigenvalue weighted by molar-refractivity contribution is 6.16. The molecule has 1 saturated carbocycles. The Hall–Kier alpha value is -0.610. The van der Waals surface area contributed by atoms with Crippen molar-refractivity contribution in [1.82, 2.24) is 15.0 Å². The van der Waals surface area contributed by atoms with Gasteiger partial charge >= 0.3 is 0 Å². The van der Waals surface area contributed by atoms with Crippen LogP contribution in [-0.2, 0) is 17.2 Å². The first kappa shape index (κ1) is 9.93. The molecule has 2 unspecified atom stereocenters. The summed E-state index contributed by atoms with van der Waals surface area (Å²) >= 11 is 5.77. The number of aromatic nitrogens is 3. The summed E-state index contributed by atoms with van der Waals surface area (Å²) in [7, 11) is 1.67. The third-order valence-electron chi connectivity index (χ3n) is 2.66. The molecule has 0 radical (unpaired) electrons. The van der Waals surface area contributed by atoms with Gasteiger partial charge in [0.15, 0.2) is 0 Å². The smallest absolute Gasteiger partial charge is 0.103 e. The molecule has 0 amide bonds. The van der Waals surface area contributed by atoms with Crippen LogP contribution in [0.15, 0.2) is 0 Å². The Bertz CT molecular complexity index is 326.